The number of aliphatic imine (C=N–C) groups is 1. The molecular formula is C24H29F3N4O3. The van der Waals surface area contributed by atoms with Crippen molar-refractivity contribution in [2.45, 2.75) is 32.5 Å². The van der Waals surface area contributed by atoms with Gasteiger partial charge in [0.05, 0.1) is 11.3 Å². The summed E-state index contributed by atoms with van der Waals surface area (Å²) in [5, 5.41) is 4.05. The second kappa shape index (κ2) is 12.4. The zero-order valence-electron chi connectivity index (χ0n) is 19.0. The molecule has 0 spiro atoms. The zero-order valence-corrected chi connectivity index (χ0v) is 19.0. The van der Waals surface area contributed by atoms with Crippen molar-refractivity contribution in [3.63, 3.8) is 0 Å². The molecule has 7 nitrogen and oxygen atoms in total. The minimum absolute atomic E-state index is 0.0682. The Balaban J connectivity index is 1.46. The van der Waals surface area contributed by atoms with Crippen LogP contribution in [0.25, 0.3) is 0 Å². The van der Waals surface area contributed by atoms with Gasteiger partial charge in [-0.2, -0.15) is 13.2 Å². The van der Waals surface area contributed by atoms with Crippen LogP contribution in [0.2, 0.25) is 0 Å². The molecule has 0 unspecified atom stereocenters. The second-order valence-corrected chi connectivity index (χ2v) is 7.95. The standard InChI is InChI=1S/C24H29F3N4O3/c1-17(31-34-15-19-2-6-21(7-3-19)24(25,26)27)20-4-8-22(9-5-20)33-16-23(30-28)29-14-18-10-12-32-13-11-18/h2-9,18H,10-16,28H2,1H3,(H,29,30)/b31-17+. The summed E-state index contributed by atoms with van der Waals surface area (Å²) in [6, 6.07) is 12.1. The summed E-state index contributed by atoms with van der Waals surface area (Å²) in [4.78, 5) is 9.80. The van der Waals surface area contributed by atoms with Gasteiger partial charge < -0.3 is 19.7 Å². The van der Waals surface area contributed by atoms with Crippen molar-refractivity contribution in [3.05, 3.63) is 65.2 Å². The molecule has 1 fully saturated rings. The topological polar surface area (TPSA) is 90.5 Å². The van der Waals surface area contributed by atoms with Crippen LogP contribution in [0.3, 0.4) is 0 Å². The first kappa shape index (κ1) is 25.5. The summed E-state index contributed by atoms with van der Waals surface area (Å²) in [5.41, 5.74) is 3.94. The number of hydrazine groups is 1. The lowest BCUT2D eigenvalue weighted by Crippen LogP contribution is -2.35. The molecule has 0 radical (unpaired) electrons. The van der Waals surface area contributed by atoms with Gasteiger partial charge in [-0.05, 0) is 73.2 Å². The summed E-state index contributed by atoms with van der Waals surface area (Å²) < 4.78 is 49.0. The maximum absolute atomic E-state index is 12.6. The van der Waals surface area contributed by atoms with Crippen LogP contribution in [0, 0.1) is 5.92 Å². The Morgan fingerprint density at radius 1 is 1.09 bits per heavy atom. The molecule has 1 saturated heterocycles. The largest absolute Gasteiger partial charge is 0.486 e. The van der Waals surface area contributed by atoms with E-state index in [4.69, 9.17) is 20.2 Å². The molecule has 0 aromatic heterocycles. The molecule has 3 rings (SSSR count). The second-order valence-electron chi connectivity index (χ2n) is 7.95. The van der Waals surface area contributed by atoms with Gasteiger partial charge in [0.25, 0.3) is 0 Å². The van der Waals surface area contributed by atoms with Crippen molar-refractivity contribution in [1.29, 1.82) is 0 Å². The zero-order chi connectivity index (χ0) is 24.4. The first-order valence-electron chi connectivity index (χ1n) is 11.0. The summed E-state index contributed by atoms with van der Waals surface area (Å²) >= 11 is 0. The molecule has 184 valence electrons. The van der Waals surface area contributed by atoms with Gasteiger partial charge in [0, 0.05) is 19.8 Å². The number of nitrogens with two attached hydrogens (primary N) is 1. The summed E-state index contributed by atoms with van der Waals surface area (Å²) in [7, 11) is 0. The van der Waals surface area contributed by atoms with E-state index in [1.165, 1.54) is 12.1 Å². The molecule has 1 aliphatic rings. The number of alkyl halides is 3. The number of ether oxygens (including phenoxy) is 2. The van der Waals surface area contributed by atoms with E-state index in [-0.39, 0.29) is 13.2 Å². The van der Waals surface area contributed by atoms with Gasteiger partial charge in [0.1, 0.15) is 24.8 Å². The van der Waals surface area contributed by atoms with Crippen molar-refractivity contribution in [3.8, 4) is 5.75 Å². The summed E-state index contributed by atoms with van der Waals surface area (Å²) in [6.07, 6.45) is -2.36. The Morgan fingerprint density at radius 3 is 2.38 bits per heavy atom. The third-order valence-corrected chi connectivity index (χ3v) is 5.41. The average molecular weight is 479 g/mol. The van der Waals surface area contributed by atoms with E-state index in [0.717, 1.165) is 43.8 Å². The van der Waals surface area contributed by atoms with Gasteiger partial charge in [-0.1, -0.05) is 17.3 Å². The highest BCUT2D eigenvalue weighted by atomic mass is 19.4. The van der Waals surface area contributed by atoms with Crippen molar-refractivity contribution in [1.82, 2.24) is 5.43 Å². The molecule has 1 heterocycles. The number of nitrogens with zero attached hydrogens (tertiary/aromatic N) is 2. The summed E-state index contributed by atoms with van der Waals surface area (Å²) in [6.45, 7) is 4.31. The predicted octanol–water partition coefficient (Wildman–Crippen LogP) is 4.31. The molecule has 3 N–H and O–H groups in total. The first-order chi connectivity index (χ1) is 16.3. The molecular weight excluding hydrogens is 449 g/mol. The summed E-state index contributed by atoms with van der Waals surface area (Å²) in [5.74, 6) is 7.29. The van der Waals surface area contributed by atoms with Crippen molar-refractivity contribution >= 4 is 11.5 Å². The molecule has 10 heteroatoms. The molecule has 0 aliphatic carbocycles. The van der Waals surface area contributed by atoms with E-state index in [1.807, 2.05) is 12.1 Å². The lowest BCUT2D eigenvalue weighted by Gasteiger charge is -2.20. The van der Waals surface area contributed by atoms with Crippen LogP contribution in [0.15, 0.2) is 58.7 Å². The van der Waals surface area contributed by atoms with Crippen LogP contribution in [-0.4, -0.2) is 37.9 Å². The van der Waals surface area contributed by atoms with E-state index in [0.29, 0.717) is 35.3 Å². The van der Waals surface area contributed by atoms with Gasteiger partial charge >= 0.3 is 6.18 Å². The number of nitrogens with one attached hydrogen (secondary N) is 1. The van der Waals surface area contributed by atoms with Crippen molar-refractivity contribution < 1.29 is 27.5 Å². The van der Waals surface area contributed by atoms with Crippen LogP contribution in [0.5, 0.6) is 5.75 Å². The van der Waals surface area contributed by atoms with Gasteiger partial charge in [0.2, 0.25) is 0 Å². The highest BCUT2D eigenvalue weighted by Gasteiger charge is 2.29. The first-order valence-corrected chi connectivity index (χ1v) is 11.0. The molecule has 0 bridgehead atoms. The quantitative estimate of drug-likeness (QED) is 0.243. The van der Waals surface area contributed by atoms with E-state index >= 15 is 0 Å². The Bertz CT molecular complexity index is 955. The van der Waals surface area contributed by atoms with Crippen molar-refractivity contribution in [2.75, 3.05) is 26.4 Å². The van der Waals surface area contributed by atoms with Crippen LogP contribution in [-0.2, 0) is 22.4 Å². The Labute approximate surface area is 196 Å². The van der Waals surface area contributed by atoms with Gasteiger partial charge in [-0.3, -0.25) is 4.99 Å². The van der Waals surface area contributed by atoms with E-state index in [2.05, 4.69) is 15.6 Å². The number of halogens is 3. The molecule has 0 amide bonds. The number of benzene rings is 2. The molecule has 1 aliphatic heterocycles. The Kier molecular flexibility index (Phi) is 9.29. The Morgan fingerprint density at radius 2 is 1.76 bits per heavy atom. The SMILES string of the molecule is C/C(=N\OCc1ccc(C(F)(F)F)cc1)c1ccc(OCC(=NCC2CCOCC2)NN)cc1. The minimum Gasteiger partial charge on any atom is -0.486 e. The molecule has 2 aromatic rings. The molecule has 34 heavy (non-hydrogen) atoms. The molecule has 0 saturated carbocycles. The minimum atomic E-state index is -4.36. The molecule has 2 aromatic carbocycles. The maximum atomic E-state index is 12.6. The van der Waals surface area contributed by atoms with E-state index in [9.17, 15) is 13.2 Å². The van der Waals surface area contributed by atoms with Crippen LogP contribution in [0.4, 0.5) is 13.2 Å². The number of rotatable bonds is 9. The van der Waals surface area contributed by atoms with Gasteiger partial charge in [-0.25, -0.2) is 5.84 Å². The fourth-order valence-electron chi connectivity index (χ4n) is 3.29. The lowest BCUT2D eigenvalue weighted by molar-refractivity contribution is -0.137. The Hall–Kier alpha value is -3.11. The third kappa shape index (κ3) is 8.03. The lowest BCUT2D eigenvalue weighted by atomic mass is 10.0. The maximum Gasteiger partial charge on any atom is 0.416 e. The highest BCUT2D eigenvalue weighted by Crippen LogP contribution is 2.29. The number of hydrogen-bond donors (Lipinski definition) is 2. The smallest absolute Gasteiger partial charge is 0.416 e. The van der Waals surface area contributed by atoms with E-state index < -0.39 is 11.7 Å². The van der Waals surface area contributed by atoms with Crippen LogP contribution in [0.1, 0.15) is 36.5 Å². The fourth-order valence-corrected chi connectivity index (χ4v) is 3.29. The highest BCUT2D eigenvalue weighted by molar-refractivity contribution is 5.98. The average Bonchev–Trinajstić information content (AvgIpc) is 2.85. The van der Waals surface area contributed by atoms with Crippen LogP contribution < -0.4 is 16.0 Å². The number of oxime groups is 1. The van der Waals surface area contributed by atoms with E-state index in [1.54, 1.807) is 19.1 Å². The van der Waals surface area contributed by atoms with Crippen molar-refractivity contribution in [2.24, 2.45) is 21.9 Å². The fraction of sp³-hybridized carbons (Fsp3) is 0.417. The van der Waals surface area contributed by atoms with Crippen LogP contribution >= 0.6 is 0 Å². The molecule has 0 atom stereocenters. The number of hydrogen-bond acceptors (Lipinski definition) is 6. The van der Waals surface area contributed by atoms with Gasteiger partial charge in [0.15, 0.2) is 0 Å². The monoisotopic (exact) mass is 478 g/mol. The number of amidine groups is 1. The third-order valence-electron chi connectivity index (χ3n) is 5.41. The normalized spacial score (nSPS) is 15.8. The predicted molar refractivity (Wildman–Crippen MR) is 124 cm³/mol. The van der Waals surface area contributed by atoms with Gasteiger partial charge in [-0.15, -0.1) is 0 Å².